The second kappa shape index (κ2) is 12.2. The first-order chi connectivity index (χ1) is 11.9. The second-order valence-corrected chi connectivity index (χ2v) is 5.76. The molecule has 2 N–H and O–H groups in total. The van der Waals surface area contributed by atoms with E-state index < -0.39 is 12.8 Å². The normalized spacial score (nSPS) is 14.9. The lowest BCUT2D eigenvalue weighted by molar-refractivity contribution is -0.154. The lowest BCUT2D eigenvalue weighted by Gasteiger charge is -2.32. The van der Waals surface area contributed by atoms with E-state index in [1.165, 1.54) is 18.3 Å². The minimum Gasteiger partial charge on any atom is -0.467 e. The van der Waals surface area contributed by atoms with Crippen molar-refractivity contribution in [1.29, 1.82) is 0 Å². The molecule has 11 heteroatoms. The summed E-state index contributed by atoms with van der Waals surface area (Å²) in [7, 11) is 0. The Balaban J connectivity index is 0.00000338. The van der Waals surface area contributed by atoms with Crippen LogP contribution in [0.3, 0.4) is 0 Å². The Hall–Kier alpha value is -1.29. The highest BCUT2D eigenvalue weighted by Gasteiger charge is 2.31. The van der Waals surface area contributed by atoms with Crippen molar-refractivity contribution in [2.45, 2.75) is 31.5 Å². The summed E-state index contributed by atoms with van der Waals surface area (Å²) in [5, 5.41) is 0. The fourth-order valence-corrected chi connectivity index (χ4v) is 2.55. The van der Waals surface area contributed by atoms with Gasteiger partial charge in [-0.25, -0.2) is 4.98 Å². The maximum atomic E-state index is 12.6. The molecule has 0 radical (unpaired) electrons. The van der Waals surface area contributed by atoms with E-state index in [1.807, 2.05) is 0 Å². The summed E-state index contributed by atoms with van der Waals surface area (Å²) in [4.78, 5) is 17.9. The minimum absolute atomic E-state index is 0. The maximum Gasteiger partial charge on any atom is 0.422 e. The Morgan fingerprint density at radius 1 is 1.30 bits per heavy atom. The highest BCUT2D eigenvalue weighted by molar-refractivity contribution is 5.96. The van der Waals surface area contributed by atoms with Gasteiger partial charge >= 0.3 is 6.18 Å². The number of amides is 1. The van der Waals surface area contributed by atoms with Crippen molar-refractivity contribution in [1.82, 2.24) is 9.88 Å². The van der Waals surface area contributed by atoms with E-state index in [2.05, 4.69) is 9.72 Å². The zero-order valence-electron chi connectivity index (χ0n) is 14.6. The highest BCUT2D eigenvalue weighted by atomic mass is 35.5. The van der Waals surface area contributed by atoms with Gasteiger partial charge in [-0.3, -0.25) is 4.79 Å². The quantitative estimate of drug-likeness (QED) is 0.668. The van der Waals surface area contributed by atoms with Crippen LogP contribution in [0, 0.1) is 0 Å². The van der Waals surface area contributed by atoms with E-state index in [0.29, 0.717) is 39.1 Å². The molecule has 1 aromatic heterocycles. The number of carbonyl (C=O) groups excluding carboxylic acids is 1. The predicted octanol–water partition coefficient (Wildman–Crippen LogP) is 2.84. The molecule has 0 unspecified atom stereocenters. The Morgan fingerprint density at radius 2 is 1.96 bits per heavy atom. The molecule has 0 atom stereocenters. The van der Waals surface area contributed by atoms with Gasteiger partial charge in [-0.1, -0.05) is 0 Å². The van der Waals surface area contributed by atoms with E-state index >= 15 is 0 Å². The molecule has 6 nitrogen and oxygen atoms in total. The third-order valence-corrected chi connectivity index (χ3v) is 3.81. The molecule has 0 saturated carbocycles. The monoisotopic (exact) mass is 433 g/mol. The number of hydrogen-bond donors (Lipinski definition) is 1. The van der Waals surface area contributed by atoms with Crippen molar-refractivity contribution in [2.24, 2.45) is 5.73 Å². The summed E-state index contributed by atoms with van der Waals surface area (Å²) in [6.07, 6.45) is -0.985. The smallest absolute Gasteiger partial charge is 0.422 e. The standard InChI is InChI=1S/C16H22F3N3O3.2ClH/c17-16(18,19)11-25-14-13(3-1-7-21-14)15(23)22-8-4-12(5-9-22)24-10-2-6-20;;/h1,3,7,12H,2,4-6,8-11,20H2;2*1H. The van der Waals surface area contributed by atoms with Gasteiger partial charge in [0.15, 0.2) is 6.61 Å². The van der Waals surface area contributed by atoms with Gasteiger partial charge in [0.25, 0.3) is 5.91 Å². The third-order valence-electron chi connectivity index (χ3n) is 3.81. The van der Waals surface area contributed by atoms with Crippen LogP contribution < -0.4 is 10.5 Å². The Labute approximate surface area is 168 Å². The molecular weight excluding hydrogens is 410 g/mol. The fraction of sp³-hybridized carbons (Fsp3) is 0.625. The number of ether oxygens (including phenoxy) is 2. The lowest BCUT2D eigenvalue weighted by atomic mass is 10.1. The van der Waals surface area contributed by atoms with E-state index in [0.717, 1.165) is 6.42 Å². The predicted molar refractivity (Wildman–Crippen MR) is 98.8 cm³/mol. The Bertz CT molecular complexity index is 571. The molecule has 27 heavy (non-hydrogen) atoms. The van der Waals surface area contributed by atoms with Gasteiger partial charge in [-0.05, 0) is 37.9 Å². The summed E-state index contributed by atoms with van der Waals surface area (Å²) in [5.41, 5.74) is 5.45. The summed E-state index contributed by atoms with van der Waals surface area (Å²) >= 11 is 0. The van der Waals surface area contributed by atoms with E-state index in [1.54, 1.807) is 4.90 Å². The lowest BCUT2D eigenvalue weighted by Crippen LogP contribution is -2.41. The summed E-state index contributed by atoms with van der Waals surface area (Å²) in [6.45, 7) is 0.618. The van der Waals surface area contributed by atoms with Crippen LogP contribution in [0.25, 0.3) is 0 Å². The van der Waals surface area contributed by atoms with Crippen LogP contribution in [0.1, 0.15) is 29.6 Å². The average Bonchev–Trinajstić information content (AvgIpc) is 2.60. The molecule has 1 saturated heterocycles. The van der Waals surface area contributed by atoms with Crippen LogP contribution in [-0.2, 0) is 4.74 Å². The summed E-state index contributed by atoms with van der Waals surface area (Å²) in [6, 6.07) is 2.92. The first kappa shape index (κ1) is 25.7. The zero-order valence-corrected chi connectivity index (χ0v) is 16.2. The SMILES string of the molecule is Cl.Cl.NCCCOC1CCN(C(=O)c2cccnc2OCC(F)(F)F)CC1. The van der Waals surface area contributed by atoms with Crippen LogP contribution in [0.5, 0.6) is 5.88 Å². The van der Waals surface area contributed by atoms with Crippen molar-refractivity contribution in [3.8, 4) is 5.88 Å². The minimum atomic E-state index is -4.49. The fourth-order valence-electron chi connectivity index (χ4n) is 2.55. The number of alkyl halides is 3. The molecule has 1 fully saturated rings. The number of aromatic nitrogens is 1. The molecule has 0 aliphatic carbocycles. The molecule has 2 rings (SSSR count). The van der Waals surface area contributed by atoms with Gasteiger partial charge in [-0.2, -0.15) is 13.2 Å². The topological polar surface area (TPSA) is 77.7 Å². The number of rotatable bonds is 7. The van der Waals surface area contributed by atoms with Gasteiger partial charge in [0.1, 0.15) is 5.56 Å². The zero-order chi connectivity index (χ0) is 18.3. The second-order valence-electron chi connectivity index (χ2n) is 5.76. The number of carbonyl (C=O) groups is 1. The molecular formula is C16H24Cl2F3N3O3. The van der Waals surface area contributed by atoms with Crippen LogP contribution in [0.2, 0.25) is 0 Å². The van der Waals surface area contributed by atoms with Crippen LogP contribution in [0.4, 0.5) is 13.2 Å². The number of nitrogens with zero attached hydrogens (tertiary/aromatic N) is 2. The Kier molecular flexibility index (Phi) is 11.6. The number of pyridine rings is 1. The number of halogens is 5. The van der Waals surface area contributed by atoms with Gasteiger partial charge in [-0.15, -0.1) is 24.8 Å². The molecule has 1 aromatic rings. The van der Waals surface area contributed by atoms with Crippen molar-refractivity contribution in [3.05, 3.63) is 23.9 Å². The summed E-state index contributed by atoms with van der Waals surface area (Å²) in [5.74, 6) is -0.683. The van der Waals surface area contributed by atoms with Crippen molar-refractivity contribution in [3.63, 3.8) is 0 Å². The van der Waals surface area contributed by atoms with Gasteiger partial charge in [0.2, 0.25) is 5.88 Å². The molecule has 0 bridgehead atoms. The highest BCUT2D eigenvalue weighted by Crippen LogP contribution is 2.23. The van der Waals surface area contributed by atoms with E-state index in [4.69, 9.17) is 10.5 Å². The molecule has 0 aromatic carbocycles. The molecule has 156 valence electrons. The molecule has 1 aliphatic heterocycles. The first-order valence-corrected chi connectivity index (χ1v) is 8.16. The van der Waals surface area contributed by atoms with Crippen LogP contribution in [0.15, 0.2) is 18.3 Å². The number of hydrogen-bond acceptors (Lipinski definition) is 5. The van der Waals surface area contributed by atoms with Crippen LogP contribution >= 0.6 is 24.8 Å². The molecule has 2 heterocycles. The largest absolute Gasteiger partial charge is 0.467 e. The summed E-state index contributed by atoms with van der Waals surface area (Å²) < 4.78 is 47.3. The van der Waals surface area contributed by atoms with Crippen LogP contribution in [-0.4, -0.2) is 60.9 Å². The molecule has 1 amide bonds. The van der Waals surface area contributed by atoms with Crippen molar-refractivity contribution < 1.29 is 27.4 Å². The molecule has 0 spiro atoms. The molecule has 1 aliphatic rings. The van der Waals surface area contributed by atoms with Crippen molar-refractivity contribution >= 4 is 30.7 Å². The maximum absolute atomic E-state index is 12.6. The van der Waals surface area contributed by atoms with Crippen molar-refractivity contribution in [2.75, 3.05) is 32.8 Å². The number of nitrogens with two attached hydrogens (primary N) is 1. The Morgan fingerprint density at radius 3 is 2.56 bits per heavy atom. The third kappa shape index (κ3) is 8.50. The van der Waals surface area contributed by atoms with E-state index in [9.17, 15) is 18.0 Å². The van der Waals surface area contributed by atoms with Gasteiger partial charge < -0.3 is 20.1 Å². The van der Waals surface area contributed by atoms with Gasteiger partial charge in [0.05, 0.1) is 6.10 Å². The van der Waals surface area contributed by atoms with E-state index in [-0.39, 0.29) is 48.3 Å². The number of piperidine rings is 1. The van der Waals surface area contributed by atoms with Gasteiger partial charge in [0, 0.05) is 25.9 Å². The number of likely N-dealkylation sites (tertiary alicyclic amines) is 1. The first-order valence-electron chi connectivity index (χ1n) is 8.16. The average molecular weight is 434 g/mol.